The summed E-state index contributed by atoms with van der Waals surface area (Å²) in [6, 6.07) is 16.6. The summed E-state index contributed by atoms with van der Waals surface area (Å²) in [4.78, 5) is 25.0. The molecule has 0 unspecified atom stereocenters. The predicted octanol–water partition coefficient (Wildman–Crippen LogP) is 4.41. The Balaban J connectivity index is 1.73. The number of esters is 1. The Bertz CT molecular complexity index is 949. The number of benzene rings is 2. The Labute approximate surface area is 154 Å². The number of carbonyl (C=O) groups excluding carboxylic acids is 2. The van der Waals surface area contributed by atoms with Crippen molar-refractivity contribution < 1.29 is 19.1 Å². The zero-order valence-corrected chi connectivity index (χ0v) is 14.7. The molecule has 130 valence electrons. The van der Waals surface area contributed by atoms with E-state index in [1.807, 2.05) is 48.5 Å². The molecule has 26 heavy (non-hydrogen) atoms. The van der Waals surface area contributed by atoms with E-state index in [9.17, 15) is 9.59 Å². The molecule has 3 aromatic rings. The van der Waals surface area contributed by atoms with Gasteiger partial charge < -0.3 is 14.8 Å². The quantitative estimate of drug-likeness (QED) is 0.698. The lowest BCUT2D eigenvalue weighted by molar-refractivity contribution is -0.116. The van der Waals surface area contributed by atoms with Gasteiger partial charge in [-0.1, -0.05) is 36.4 Å². The summed E-state index contributed by atoms with van der Waals surface area (Å²) in [5.74, 6) is 0.0929. The standard InChI is InChI=1S/C20H15NO4S/c1-24-20(23)14-10-11-26-19(14)21-18(22)17-12-6-2-4-8-15(12)25-16-9-5-3-7-13(16)17/h2-11,17H,1H3,(H,21,22). The molecule has 1 aromatic heterocycles. The average Bonchev–Trinajstić information content (AvgIpc) is 3.13. The van der Waals surface area contributed by atoms with Crippen LogP contribution in [0.2, 0.25) is 0 Å². The highest BCUT2D eigenvalue weighted by molar-refractivity contribution is 7.14. The van der Waals surface area contributed by atoms with Gasteiger partial charge in [-0.2, -0.15) is 0 Å². The van der Waals surface area contributed by atoms with Gasteiger partial charge in [-0.3, -0.25) is 4.79 Å². The van der Waals surface area contributed by atoms with Crippen molar-refractivity contribution in [3.05, 3.63) is 76.7 Å². The predicted molar refractivity (Wildman–Crippen MR) is 99.1 cm³/mol. The third kappa shape index (κ3) is 2.74. The maximum absolute atomic E-state index is 13.1. The van der Waals surface area contributed by atoms with Crippen LogP contribution in [0, 0.1) is 0 Å². The van der Waals surface area contributed by atoms with Crippen molar-refractivity contribution in [2.45, 2.75) is 5.92 Å². The van der Waals surface area contributed by atoms with Crippen LogP contribution in [0.3, 0.4) is 0 Å². The second-order valence-electron chi connectivity index (χ2n) is 5.75. The highest BCUT2D eigenvalue weighted by atomic mass is 32.1. The molecule has 2 heterocycles. The van der Waals surface area contributed by atoms with Gasteiger partial charge in [0.15, 0.2) is 0 Å². The van der Waals surface area contributed by atoms with Gasteiger partial charge in [-0.05, 0) is 23.6 Å². The topological polar surface area (TPSA) is 64.6 Å². The molecular formula is C20H15NO4S. The van der Waals surface area contributed by atoms with Crippen LogP contribution in [0.25, 0.3) is 0 Å². The summed E-state index contributed by atoms with van der Waals surface area (Å²) < 4.78 is 10.7. The van der Waals surface area contributed by atoms with Gasteiger partial charge >= 0.3 is 5.97 Å². The Morgan fingerprint density at radius 2 is 1.62 bits per heavy atom. The Morgan fingerprint density at radius 1 is 1.00 bits per heavy atom. The summed E-state index contributed by atoms with van der Waals surface area (Å²) >= 11 is 1.28. The lowest BCUT2D eigenvalue weighted by Gasteiger charge is -2.27. The summed E-state index contributed by atoms with van der Waals surface area (Å²) in [6.07, 6.45) is 0. The number of amides is 1. The second kappa shape index (κ2) is 6.65. The van der Waals surface area contributed by atoms with Gasteiger partial charge in [0.2, 0.25) is 5.91 Å². The number of anilines is 1. The fourth-order valence-electron chi connectivity index (χ4n) is 3.05. The minimum Gasteiger partial charge on any atom is -0.465 e. The fourth-order valence-corrected chi connectivity index (χ4v) is 3.83. The first-order valence-electron chi connectivity index (χ1n) is 8.01. The third-order valence-electron chi connectivity index (χ3n) is 4.25. The molecule has 0 fully saturated rings. The highest BCUT2D eigenvalue weighted by Gasteiger charge is 2.33. The van der Waals surface area contributed by atoms with Crippen molar-refractivity contribution >= 4 is 28.2 Å². The second-order valence-corrected chi connectivity index (χ2v) is 6.67. The molecule has 6 heteroatoms. The van der Waals surface area contributed by atoms with Crippen molar-refractivity contribution in [1.29, 1.82) is 0 Å². The molecule has 2 aromatic carbocycles. The van der Waals surface area contributed by atoms with E-state index in [0.29, 0.717) is 22.1 Å². The SMILES string of the molecule is COC(=O)c1ccsc1NC(=O)C1c2ccccc2Oc2ccccc21. The van der Waals surface area contributed by atoms with Gasteiger partial charge in [0, 0.05) is 11.1 Å². The average molecular weight is 365 g/mol. The summed E-state index contributed by atoms with van der Waals surface area (Å²) in [6.45, 7) is 0. The number of rotatable bonds is 3. The number of hydrogen-bond acceptors (Lipinski definition) is 5. The van der Waals surface area contributed by atoms with Crippen LogP contribution < -0.4 is 10.1 Å². The molecule has 1 aliphatic heterocycles. The highest BCUT2D eigenvalue weighted by Crippen LogP contribution is 2.44. The molecule has 0 aliphatic carbocycles. The lowest BCUT2D eigenvalue weighted by atomic mass is 9.87. The molecule has 0 atom stereocenters. The summed E-state index contributed by atoms with van der Waals surface area (Å²) in [5.41, 5.74) is 1.93. The molecule has 0 radical (unpaired) electrons. The van der Waals surface area contributed by atoms with Crippen molar-refractivity contribution in [2.75, 3.05) is 12.4 Å². The first kappa shape index (κ1) is 16.4. The molecule has 0 saturated heterocycles. The zero-order valence-electron chi connectivity index (χ0n) is 13.9. The van der Waals surface area contributed by atoms with Crippen LogP contribution in [0.1, 0.15) is 27.4 Å². The fraction of sp³-hybridized carbons (Fsp3) is 0.100. The van der Waals surface area contributed by atoms with E-state index in [-0.39, 0.29) is 5.91 Å². The number of carbonyl (C=O) groups is 2. The van der Waals surface area contributed by atoms with E-state index in [2.05, 4.69) is 5.32 Å². The number of fused-ring (bicyclic) bond motifs is 2. The van der Waals surface area contributed by atoms with Gasteiger partial charge in [0.1, 0.15) is 16.5 Å². The molecule has 1 amide bonds. The number of para-hydroxylation sites is 2. The van der Waals surface area contributed by atoms with Crippen LogP contribution in [-0.4, -0.2) is 19.0 Å². The molecule has 0 saturated carbocycles. The summed E-state index contributed by atoms with van der Waals surface area (Å²) in [5, 5.41) is 5.10. The third-order valence-corrected chi connectivity index (χ3v) is 5.08. The van der Waals surface area contributed by atoms with Gasteiger partial charge in [-0.25, -0.2) is 4.79 Å². The van der Waals surface area contributed by atoms with Crippen molar-refractivity contribution in [2.24, 2.45) is 0 Å². The van der Waals surface area contributed by atoms with Crippen molar-refractivity contribution in [1.82, 2.24) is 0 Å². The molecule has 5 nitrogen and oxygen atoms in total. The van der Waals surface area contributed by atoms with E-state index in [1.54, 1.807) is 11.4 Å². The van der Waals surface area contributed by atoms with E-state index >= 15 is 0 Å². The van der Waals surface area contributed by atoms with Crippen LogP contribution in [0.4, 0.5) is 5.00 Å². The lowest BCUT2D eigenvalue weighted by Crippen LogP contribution is -2.25. The summed E-state index contributed by atoms with van der Waals surface area (Å²) in [7, 11) is 1.32. The van der Waals surface area contributed by atoms with Gasteiger partial charge in [0.05, 0.1) is 18.6 Å². The van der Waals surface area contributed by atoms with Crippen molar-refractivity contribution in [3.8, 4) is 11.5 Å². The zero-order chi connectivity index (χ0) is 18.1. The van der Waals surface area contributed by atoms with Crippen LogP contribution in [-0.2, 0) is 9.53 Å². The number of hydrogen-bond donors (Lipinski definition) is 1. The molecule has 0 spiro atoms. The molecular weight excluding hydrogens is 350 g/mol. The number of ether oxygens (including phenoxy) is 2. The largest absolute Gasteiger partial charge is 0.465 e. The minimum absolute atomic E-state index is 0.221. The van der Waals surface area contributed by atoms with E-state index in [1.165, 1.54) is 18.4 Å². The molecule has 1 aliphatic rings. The monoisotopic (exact) mass is 365 g/mol. The minimum atomic E-state index is -0.524. The molecule has 1 N–H and O–H groups in total. The smallest absolute Gasteiger partial charge is 0.340 e. The maximum Gasteiger partial charge on any atom is 0.340 e. The van der Waals surface area contributed by atoms with E-state index in [4.69, 9.17) is 9.47 Å². The number of methoxy groups -OCH3 is 1. The Kier molecular flexibility index (Phi) is 4.18. The van der Waals surface area contributed by atoms with Gasteiger partial charge in [0.25, 0.3) is 0 Å². The van der Waals surface area contributed by atoms with Crippen LogP contribution in [0.5, 0.6) is 11.5 Å². The van der Waals surface area contributed by atoms with E-state index < -0.39 is 11.9 Å². The van der Waals surface area contributed by atoms with Crippen molar-refractivity contribution in [3.63, 3.8) is 0 Å². The van der Waals surface area contributed by atoms with Crippen LogP contribution in [0.15, 0.2) is 60.0 Å². The van der Waals surface area contributed by atoms with E-state index in [0.717, 1.165) is 11.1 Å². The maximum atomic E-state index is 13.1. The van der Waals surface area contributed by atoms with Gasteiger partial charge in [-0.15, -0.1) is 11.3 Å². The molecule has 4 rings (SSSR count). The number of thiophene rings is 1. The Hall–Kier alpha value is -3.12. The molecule has 0 bridgehead atoms. The Morgan fingerprint density at radius 3 is 2.23 bits per heavy atom. The van der Waals surface area contributed by atoms with Crippen LogP contribution >= 0.6 is 11.3 Å². The number of nitrogens with one attached hydrogen (secondary N) is 1. The normalized spacial score (nSPS) is 12.5. The first-order chi connectivity index (χ1) is 12.7. The first-order valence-corrected chi connectivity index (χ1v) is 8.89.